The lowest BCUT2D eigenvalue weighted by Gasteiger charge is -2.04. The molecule has 4 heteroatoms. The highest BCUT2D eigenvalue weighted by atomic mass is 32.2. The van der Waals surface area contributed by atoms with Crippen LogP contribution in [0.2, 0.25) is 0 Å². The molecule has 0 aliphatic rings. The Hall–Kier alpha value is -0.0600. The van der Waals surface area contributed by atoms with Crippen molar-refractivity contribution < 1.29 is 0 Å². The van der Waals surface area contributed by atoms with Crippen LogP contribution in [0.15, 0.2) is 11.6 Å². The number of thioether (sulfide) groups is 1. The molecule has 1 rings (SSSR count). The van der Waals surface area contributed by atoms with Gasteiger partial charge in [-0.05, 0) is 0 Å². The molecule has 0 aliphatic carbocycles. The molecule has 1 aromatic rings. The summed E-state index contributed by atoms with van der Waals surface area (Å²) in [6.45, 7) is 2.88. The Balaban J connectivity index is 2.23. The average molecular weight is 188 g/mol. The lowest BCUT2D eigenvalue weighted by Crippen LogP contribution is -2.12. The van der Waals surface area contributed by atoms with E-state index in [1.807, 2.05) is 23.3 Å². The third-order valence-electron chi connectivity index (χ3n) is 1.31. The van der Waals surface area contributed by atoms with Gasteiger partial charge in [-0.1, -0.05) is 6.92 Å². The van der Waals surface area contributed by atoms with Gasteiger partial charge in [0, 0.05) is 29.1 Å². The Morgan fingerprint density at radius 3 is 3.18 bits per heavy atom. The summed E-state index contributed by atoms with van der Waals surface area (Å²) in [6.07, 6.45) is 1.84. The monoisotopic (exact) mass is 188 g/mol. The minimum Gasteiger partial charge on any atom is -0.329 e. The number of hydrogen-bond acceptors (Lipinski definition) is 4. The number of thiazole rings is 1. The largest absolute Gasteiger partial charge is 0.329 e. The van der Waals surface area contributed by atoms with E-state index < -0.39 is 0 Å². The molecule has 0 saturated heterocycles. The van der Waals surface area contributed by atoms with Gasteiger partial charge in [-0.25, -0.2) is 4.98 Å². The first-order valence-electron chi connectivity index (χ1n) is 3.53. The van der Waals surface area contributed by atoms with Gasteiger partial charge in [-0.15, -0.1) is 11.3 Å². The number of nitrogens with zero attached hydrogens (tertiary/aromatic N) is 1. The zero-order chi connectivity index (χ0) is 8.10. The van der Waals surface area contributed by atoms with Crippen LogP contribution in [-0.4, -0.2) is 16.8 Å². The Kier molecular flexibility index (Phi) is 3.90. The molecule has 0 fully saturated rings. The molecule has 11 heavy (non-hydrogen) atoms. The number of rotatable bonds is 4. The molecule has 1 heterocycles. The maximum absolute atomic E-state index is 5.47. The van der Waals surface area contributed by atoms with Crippen LogP contribution in [-0.2, 0) is 5.75 Å². The Morgan fingerprint density at radius 2 is 2.64 bits per heavy atom. The molecule has 0 amide bonds. The molecule has 0 aromatic carbocycles. The summed E-state index contributed by atoms with van der Waals surface area (Å²) in [7, 11) is 0. The standard InChI is InChI=1S/C7H12N2S2/c1-6(4-8)11-5-7-9-2-3-10-7/h2-3,6H,4-5,8H2,1H3. The molecule has 1 atom stereocenters. The van der Waals surface area contributed by atoms with E-state index in [1.54, 1.807) is 11.3 Å². The van der Waals surface area contributed by atoms with Gasteiger partial charge in [0.05, 0.1) is 0 Å². The van der Waals surface area contributed by atoms with Crippen LogP contribution in [0.5, 0.6) is 0 Å². The second kappa shape index (κ2) is 4.74. The van der Waals surface area contributed by atoms with Gasteiger partial charge in [-0.3, -0.25) is 0 Å². The van der Waals surface area contributed by atoms with E-state index in [1.165, 1.54) is 5.01 Å². The zero-order valence-corrected chi connectivity index (χ0v) is 8.12. The molecule has 1 aromatic heterocycles. The van der Waals surface area contributed by atoms with Crippen molar-refractivity contribution in [3.63, 3.8) is 0 Å². The highest BCUT2D eigenvalue weighted by Gasteiger charge is 2.00. The zero-order valence-electron chi connectivity index (χ0n) is 6.49. The van der Waals surface area contributed by atoms with Gasteiger partial charge < -0.3 is 5.73 Å². The van der Waals surface area contributed by atoms with Gasteiger partial charge in [0.15, 0.2) is 0 Å². The quantitative estimate of drug-likeness (QED) is 0.782. The fraction of sp³-hybridized carbons (Fsp3) is 0.571. The molecule has 0 bridgehead atoms. The summed E-state index contributed by atoms with van der Waals surface area (Å²) in [5.74, 6) is 0.996. The third-order valence-corrected chi connectivity index (χ3v) is 3.47. The van der Waals surface area contributed by atoms with Crippen LogP contribution >= 0.6 is 23.1 Å². The highest BCUT2D eigenvalue weighted by molar-refractivity contribution is 7.99. The molecular formula is C7H12N2S2. The van der Waals surface area contributed by atoms with E-state index in [9.17, 15) is 0 Å². The maximum Gasteiger partial charge on any atom is 0.102 e. The first-order chi connectivity index (χ1) is 5.33. The minimum atomic E-state index is 0.541. The van der Waals surface area contributed by atoms with E-state index in [-0.39, 0.29) is 0 Å². The predicted molar refractivity (Wildman–Crippen MR) is 51.9 cm³/mol. The van der Waals surface area contributed by atoms with E-state index in [0.29, 0.717) is 5.25 Å². The molecule has 62 valence electrons. The molecular weight excluding hydrogens is 176 g/mol. The minimum absolute atomic E-state index is 0.541. The highest BCUT2D eigenvalue weighted by Crippen LogP contribution is 2.17. The topological polar surface area (TPSA) is 38.9 Å². The molecule has 0 saturated carbocycles. The number of aromatic nitrogens is 1. The molecule has 0 radical (unpaired) electrons. The van der Waals surface area contributed by atoms with Crippen LogP contribution in [0.1, 0.15) is 11.9 Å². The van der Waals surface area contributed by atoms with Crippen molar-refractivity contribution in [3.05, 3.63) is 16.6 Å². The fourth-order valence-corrected chi connectivity index (χ4v) is 2.12. The normalized spacial score (nSPS) is 13.3. The van der Waals surface area contributed by atoms with Crippen molar-refractivity contribution in [1.29, 1.82) is 0 Å². The van der Waals surface area contributed by atoms with Crippen molar-refractivity contribution in [1.82, 2.24) is 4.98 Å². The van der Waals surface area contributed by atoms with Crippen molar-refractivity contribution in [2.45, 2.75) is 17.9 Å². The Labute approximate surface area is 75.2 Å². The predicted octanol–water partition coefficient (Wildman–Crippen LogP) is 1.72. The van der Waals surface area contributed by atoms with E-state index in [4.69, 9.17) is 5.73 Å². The third kappa shape index (κ3) is 3.22. The van der Waals surface area contributed by atoms with Gasteiger partial charge in [0.1, 0.15) is 5.01 Å². The smallest absolute Gasteiger partial charge is 0.102 e. The molecule has 2 nitrogen and oxygen atoms in total. The summed E-state index contributed by atoms with van der Waals surface area (Å²) in [4.78, 5) is 4.18. The average Bonchev–Trinajstić information content (AvgIpc) is 2.52. The van der Waals surface area contributed by atoms with E-state index >= 15 is 0 Å². The molecule has 2 N–H and O–H groups in total. The van der Waals surface area contributed by atoms with Crippen LogP contribution in [0.4, 0.5) is 0 Å². The summed E-state index contributed by atoms with van der Waals surface area (Å²) in [5, 5.41) is 3.73. The summed E-state index contributed by atoms with van der Waals surface area (Å²) < 4.78 is 0. The summed E-state index contributed by atoms with van der Waals surface area (Å²) in [5.41, 5.74) is 5.47. The van der Waals surface area contributed by atoms with Crippen molar-refractivity contribution in [2.24, 2.45) is 5.73 Å². The number of nitrogens with two attached hydrogens (primary N) is 1. The van der Waals surface area contributed by atoms with Crippen LogP contribution in [0, 0.1) is 0 Å². The first-order valence-corrected chi connectivity index (χ1v) is 5.46. The molecule has 1 unspecified atom stereocenters. The lowest BCUT2D eigenvalue weighted by molar-refractivity contribution is 0.950. The summed E-state index contributed by atoms with van der Waals surface area (Å²) in [6, 6.07) is 0. The Morgan fingerprint density at radius 1 is 1.82 bits per heavy atom. The van der Waals surface area contributed by atoms with Crippen LogP contribution in [0.25, 0.3) is 0 Å². The van der Waals surface area contributed by atoms with Crippen molar-refractivity contribution >= 4 is 23.1 Å². The lowest BCUT2D eigenvalue weighted by atomic mass is 10.5. The van der Waals surface area contributed by atoms with E-state index in [2.05, 4.69) is 11.9 Å². The first kappa shape index (κ1) is 9.03. The SMILES string of the molecule is CC(CN)SCc1nccs1. The molecule has 0 aliphatic heterocycles. The van der Waals surface area contributed by atoms with Crippen molar-refractivity contribution in [3.8, 4) is 0 Å². The van der Waals surface area contributed by atoms with Gasteiger partial charge >= 0.3 is 0 Å². The number of hydrogen-bond donors (Lipinski definition) is 1. The van der Waals surface area contributed by atoms with Crippen LogP contribution < -0.4 is 5.73 Å². The maximum atomic E-state index is 5.47. The Bertz CT molecular complexity index is 186. The summed E-state index contributed by atoms with van der Waals surface area (Å²) >= 11 is 3.56. The van der Waals surface area contributed by atoms with Gasteiger partial charge in [0.2, 0.25) is 0 Å². The van der Waals surface area contributed by atoms with Gasteiger partial charge in [-0.2, -0.15) is 11.8 Å². The fourth-order valence-electron chi connectivity index (χ4n) is 0.606. The molecule has 0 spiro atoms. The second-order valence-corrected chi connectivity index (χ2v) is 4.69. The van der Waals surface area contributed by atoms with Gasteiger partial charge in [0.25, 0.3) is 0 Å². The van der Waals surface area contributed by atoms with E-state index in [0.717, 1.165) is 12.3 Å². The van der Waals surface area contributed by atoms with Crippen molar-refractivity contribution in [2.75, 3.05) is 6.54 Å². The second-order valence-electron chi connectivity index (χ2n) is 2.28. The van der Waals surface area contributed by atoms with Crippen LogP contribution in [0.3, 0.4) is 0 Å².